The topological polar surface area (TPSA) is 69.4 Å². The third-order valence-corrected chi connectivity index (χ3v) is 4.21. The minimum Gasteiger partial charge on any atom is -0.469 e. The Morgan fingerprint density at radius 3 is 1.96 bits per heavy atom. The molecule has 0 atom stereocenters. The number of nitrogens with zero attached hydrogens (tertiary/aromatic N) is 1. The summed E-state index contributed by atoms with van der Waals surface area (Å²) in [6, 6.07) is 0. The predicted molar refractivity (Wildman–Crippen MR) is 97.4 cm³/mol. The van der Waals surface area contributed by atoms with Crippen LogP contribution in [0.25, 0.3) is 0 Å². The molecular formula is C19H35NO4. The third kappa shape index (κ3) is 14.2. The van der Waals surface area contributed by atoms with Gasteiger partial charge in [0.2, 0.25) is 5.70 Å². The van der Waals surface area contributed by atoms with Crippen molar-refractivity contribution >= 4 is 5.97 Å². The molecule has 0 saturated heterocycles. The van der Waals surface area contributed by atoms with Crippen molar-refractivity contribution in [2.24, 2.45) is 0 Å². The number of methoxy groups -OCH3 is 1. The van der Waals surface area contributed by atoms with Crippen molar-refractivity contribution in [3.05, 3.63) is 21.9 Å². The number of carbonyl (C=O) groups excluding carboxylic acids is 1. The Kier molecular flexibility index (Phi) is 15.5. The monoisotopic (exact) mass is 341 g/mol. The van der Waals surface area contributed by atoms with E-state index in [-0.39, 0.29) is 10.9 Å². The average molecular weight is 341 g/mol. The van der Waals surface area contributed by atoms with Crippen molar-refractivity contribution in [2.75, 3.05) is 7.11 Å². The van der Waals surface area contributed by atoms with Crippen molar-refractivity contribution in [1.82, 2.24) is 0 Å². The van der Waals surface area contributed by atoms with Gasteiger partial charge in [0.05, 0.1) is 12.0 Å². The van der Waals surface area contributed by atoms with Crippen molar-refractivity contribution < 1.29 is 14.5 Å². The molecule has 0 aliphatic rings. The second-order valence-corrected chi connectivity index (χ2v) is 6.35. The molecular weight excluding hydrogens is 306 g/mol. The minimum atomic E-state index is -0.215. The summed E-state index contributed by atoms with van der Waals surface area (Å²) in [6.07, 6.45) is 15.7. The molecule has 0 aromatic rings. The highest BCUT2D eigenvalue weighted by atomic mass is 16.6. The van der Waals surface area contributed by atoms with Crippen LogP contribution in [-0.2, 0) is 9.53 Å². The second-order valence-electron chi connectivity index (χ2n) is 6.35. The molecule has 0 aromatic carbocycles. The summed E-state index contributed by atoms with van der Waals surface area (Å²) in [5, 5.41) is 11.0. The standard InChI is InChI=1S/C19H35NO4/c1-3-4-5-12-15-18(20(22)23)16-13-10-8-6-7-9-11-14-17-19(21)24-2/h15H,3-14,16-17H2,1-2H3/b18-15+. The number of unbranched alkanes of at least 4 members (excludes halogenated alkanes) is 10. The fraction of sp³-hybridized carbons (Fsp3) is 0.842. The van der Waals surface area contributed by atoms with E-state index >= 15 is 0 Å². The largest absolute Gasteiger partial charge is 0.469 e. The molecule has 0 unspecified atom stereocenters. The van der Waals surface area contributed by atoms with E-state index in [1.54, 1.807) is 0 Å². The summed E-state index contributed by atoms with van der Waals surface area (Å²) in [5.74, 6) is -0.126. The highest BCUT2D eigenvalue weighted by Crippen LogP contribution is 2.15. The summed E-state index contributed by atoms with van der Waals surface area (Å²) < 4.78 is 4.60. The van der Waals surface area contributed by atoms with Gasteiger partial charge in [0.25, 0.3) is 0 Å². The molecule has 0 saturated carbocycles. The van der Waals surface area contributed by atoms with Crippen LogP contribution in [0.3, 0.4) is 0 Å². The van der Waals surface area contributed by atoms with E-state index < -0.39 is 0 Å². The van der Waals surface area contributed by atoms with E-state index in [4.69, 9.17) is 0 Å². The lowest BCUT2D eigenvalue weighted by atomic mass is 10.1. The zero-order valence-corrected chi connectivity index (χ0v) is 15.6. The summed E-state index contributed by atoms with van der Waals surface area (Å²) in [6.45, 7) is 2.14. The van der Waals surface area contributed by atoms with Gasteiger partial charge in [0, 0.05) is 12.8 Å². The zero-order valence-electron chi connectivity index (χ0n) is 15.6. The molecule has 5 nitrogen and oxygen atoms in total. The Morgan fingerprint density at radius 1 is 0.917 bits per heavy atom. The van der Waals surface area contributed by atoms with E-state index in [0.29, 0.717) is 18.5 Å². The molecule has 0 rings (SSSR count). The maximum absolute atomic E-state index is 11.0. The van der Waals surface area contributed by atoms with E-state index in [0.717, 1.165) is 64.2 Å². The van der Waals surface area contributed by atoms with Crippen molar-refractivity contribution in [1.29, 1.82) is 0 Å². The highest BCUT2D eigenvalue weighted by molar-refractivity contribution is 5.68. The fourth-order valence-electron chi connectivity index (χ4n) is 2.67. The van der Waals surface area contributed by atoms with Gasteiger partial charge in [-0.05, 0) is 31.8 Å². The lowest BCUT2D eigenvalue weighted by molar-refractivity contribution is -0.428. The molecule has 0 amide bonds. The quantitative estimate of drug-likeness (QED) is 0.154. The molecule has 0 heterocycles. The van der Waals surface area contributed by atoms with Crippen molar-refractivity contribution in [3.63, 3.8) is 0 Å². The lowest BCUT2D eigenvalue weighted by Crippen LogP contribution is -1.99. The molecule has 140 valence electrons. The summed E-state index contributed by atoms with van der Waals surface area (Å²) in [7, 11) is 1.42. The van der Waals surface area contributed by atoms with E-state index in [9.17, 15) is 14.9 Å². The van der Waals surface area contributed by atoms with Gasteiger partial charge >= 0.3 is 5.97 Å². The smallest absolute Gasteiger partial charge is 0.305 e. The fourth-order valence-corrected chi connectivity index (χ4v) is 2.67. The number of carbonyl (C=O) groups is 1. The van der Waals surface area contributed by atoms with Crippen LogP contribution >= 0.6 is 0 Å². The molecule has 0 aliphatic heterocycles. The number of hydrogen-bond acceptors (Lipinski definition) is 4. The van der Waals surface area contributed by atoms with Crippen LogP contribution in [0.5, 0.6) is 0 Å². The highest BCUT2D eigenvalue weighted by Gasteiger charge is 2.09. The van der Waals surface area contributed by atoms with Crippen LogP contribution < -0.4 is 0 Å². The Bertz CT molecular complexity index is 366. The first-order valence-corrected chi connectivity index (χ1v) is 9.52. The first kappa shape index (κ1) is 22.6. The summed E-state index contributed by atoms with van der Waals surface area (Å²) >= 11 is 0. The van der Waals surface area contributed by atoms with Gasteiger partial charge in [-0.25, -0.2) is 0 Å². The maximum Gasteiger partial charge on any atom is 0.305 e. The van der Waals surface area contributed by atoms with E-state index in [2.05, 4.69) is 11.7 Å². The minimum absolute atomic E-state index is 0.126. The van der Waals surface area contributed by atoms with Crippen LogP contribution in [0.1, 0.15) is 96.8 Å². The first-order chi connectivity index (χ1) is 11.6. The number of rotatable bonds is 16. The molecule has 0 spiro atoms. The number of hydrogen-bond donors (Lipinski definition) is 0. The van der Waals surface area contributed by atoms with Crippen LogP contribution in [-0.4, -0.2) is 18.0 Å². The second kappa shape index (κ2) is 16.5. The van der Waals surface area contributed by atoms with Gasteiger partial charge in [-0.1, -0.05) is 58.3 Å². The lowest BCUT2D eigenvalue weighted by Gasteiger charge is -2.02. The summed E-state index contributed by atoms with van der Waals surface area (Å²) in [5.41, 5.74) is 0.397. The third-order valence-electron chi connectivity index (χ3n) is 4.21. The summed E-state index contributed by atoms with van der Waals surface area (Å²) in [4.78, 5) is 21.7. The van der Waals surface area contributed by atoms with Gasteiger partial charge in [-0.2, -0.15) is 0 Å². The number of ether oxygens (including phenoxy) is 1. The van der Waals surface area contributed by atoms with Gasteiger partial charge < -0.3 is 4.74 Å². The van der Waals surface area contributed by atoms with Crippen LogP contribution in [0.2, 0.25) is 0 Å². The first-order valence-electron chi connectivity index (χ1n) is 9.52. The average Bonchev–Trinajstić information content (AvgIpc) is 2.57. The van der Waals surface area contributed by atoms with E-state index in [1.807, 2.05) is 6.08 Å². The van der Waals surface area contributed by atoms with E-state index in [1.165, 1.54) is 20.0 Å². The normalized spacial score (nSPS) is 11.5. The van der Waals surface area contributed by atoms with Gasteiger partial charge in [0.15, 0.2) is 0 Å². The van der Waals surface area contributed by atoms with Crippen molar-refractivity contribution in [3.8, 4) is 0 Å². The maximum atomic E-state index is 11.0. The predicted octanol–water partition coefficient (Wildman–Crippen LogP) is 5.80. The van der Waals surface area contributed by atoms with Gasteiger partial charge in [-0.15, -0.1) is 0 Å². The molecule has 0 radical (unpaired) electrons. The van der Waals surface area contributed by atoms with Crippen LogP contribution in [0.4, 0.5) is 0 Å². The van der Waals surface area contributed by atoms with Crippen LogP contribution in [0.15, 0.2) is 11.8 Å². The molecule has 24 heavy (non-hydrogen) atoms. The number of allylic oxidation sites excluding steroid dienone is 2. The number of nitro groups is 1. The van der Waals surface area contributed by atoms with Gasteiger partial charge in [-0.3, -0.25) is 14.9 Å². The zero-order chi connectivity index (χ0) is 18.0. The Morgan fingerprint density at radius 2 is 1.46 bits per heavy atom. The molecule has 0 N–H and O–H groups in total. The molecule has 0 bridgehead atoms. The Balaban J connectivity index is 3.55. The SMILES string of the molecule is CCCCC/C=C(\CCCCCCCCCCC(=O)OC)[N+](=O)[O-]. The molecule has 0 aromatic heterocycles. The molecule has 0 aliphatic carbocycles. The Labute approximate surface area is 147 Å². The Hall–Kier alpha value is -1.39. The molecule has 0 fully saturated rings. The van der Waals surface area contributed by atoms with Gasteiger partial charge in [0.1, 0.15) is 0 Å². The number of esters is 1. The van der Waals surface area contributed by atoms with Crippen molar-refractivity contribution in [2.45, 2.75) is 96.8 Å². The van der Waals surface area contributed by atoms with Crippen LogP contribution in [0, 0.1) is 10.1 Å². The molecule has 5 heteroatoms.